The summed E-state index contributed by atoms with van der Waals surface area (Å²) in [5, 5.41) is 14.9. The van der Waals surface area contributed by atoms with Crippen LogP contribution in [0, 0.1) is 16.7 Å². The maximum Gasteiger partial charge on any atom is 0.325 e. The maximum absolute atomic E-state index is 12.4. The molecule has 5 rings (SSSR count). The van der Waals surface area contributed by atoms with Crippen LogP contribution in [-0.4, -0.2) is 60.4 Å². The molecule has 0 aromatic heterocycles. The Morgan fingerprint density at radius 1 is 1.07 bits per heavy atom. The first-order valence-electron chi connectivity index (χ1n) is 15.5. The molecule has 0 spiro atoms. The van der Waals surface area contributed by atoms with Gasteiger partial charge in [-0.2, -0.15) is 0 Å². The Hall–Kier alpha value is -2.98. The highest BCUT2D eigenvalue weighted by Gasteiger charge is 2.51. The van der Waals surface area contributed by atoms with Crippen molar-refractivity contribution >= 4 is 17.7 Å². The Morgan fingerprint density at radius 2 is 1.84 bits per heavy atom. The summed E-state index contributed by atoms with van der Waals surface area (Å²) in [6.07, 6.45) is 2.75. The van der Waals surface area contributed by atoms with Gasteiger partial charge in [-0.3, -0.25) is 9.69 Å². The van der Waals surface area contributed by atoms with Gasteiger partial charge < -0.3 is 30.0 Å². The molecule has 3 N–H and O–H groups in total. The Labute approximate surface area is 255 Å². The zero-order valence-corrected chi connectivity index (χ0v) is 26.1. The number of hydrogen-bond donors (Lipinski definition) is 3. The minimum Gasteiger partial charge on any atom is -0.465 e. The Morgan fingerprint density at radius 3 is 2.56 bits per heavy atom. The molecule has 2 bridgehead atoms. The van der Waals surface area contributed by atoms with Crippen LogP contribution in [0.15, 0.2) is 48.5 Å². The van der Waals surface area contributed by atoms with Crippen LogP contribution < -0.4 is 10.6 Å². The molecule has 2 aromatic rings. The quantitative estimate of drug-likeness (QED) is 0.327. The number of carbonyl (C=O) groups excluding carboxylic acids is 2. The van der Waals surface area contributed by atoms with E-state index in [9.17, 15) is 14.7 Å². The second kappa shape index (κ2) is 12.9. The van der Waals surface area contributed by atoms with Gasteiger partial charge in [0, 0.05) is 36.3 Å². The Bertz CT molecular complexity index is 1280. The van der Waals surface area contributed by atoms with Crippen molar-refractivity contribution in [2.24, 2.45) is 16.7 Å². The highest BCUT2D eigenvalue weighted by molar-refractivity contribution is 5.91. The monoisotopic (exact) mass is 593 g/mol. The first-order valence-corrected chi connectivity index (χ1v) is 15.5. The van der Waals surface area contributed by atoms with Crippen molar-refractivity contribution in [3.05, 3.63) is 65.2 Å². The van der Waals surface area contributed by atoms with Crippen LogP contribution in [0.1, 0.15) is 83.0 Å². The molecule has 2 saturated heterocycles. The average molecular weight is 594 g/mol. The van der Waals surface area contributed by atoms with E-state index in [-0.39, 0.29) is 37.9 Å². The number of amides is 2. The van der Waals surface area contributed by atoms with Gasteiger partial charge in [-0.25, -0.2) is 4.79 Å². The van der Waals surface area contributed by atoms with Gasteiger partial charge in [0.05, 0.1) is 25.4 Å². The smallest absolute Gasteiger partial charge is 0.325 e. The molecule has 6 atom stereocenters. The van der Waals surface area contributed by atoms with E-state index < -0.39 is 18.3 Å². The zero-order valence-electron chi connectivity index (χ0n) is 26.1. The third-order valence-corrected chi connectivity index (χ3v) is 9.18. The van der Waals surface area contributed by atoms with Crippen LogP contribution in [0.4, 0.5) is 10.5 Å². The summed E-state index contributed by atoms with van der Waals surface area (Å²) >= 11 is 0. The lowest BCUT2D eigenvalue weighted by atomic mass is 9.65. The molecule has 2 amide bonds. The second-order valence-electron chi connectivity index (χ2n) is 13.7. The number of hydrogen-bond acceptors (Lipinski definition) is 7. The van der Waals surface area contributed by atoms with Gasteiger partial charge in [0.15, 0.2) is 6.29 Å². The number of nitrogens with one attached hydrogen (secondary N) is 2. The Kier molecular flexibility index (Phi) is 9.46. The fourth-order valence-electron chi connectivity index (χ4n) is 7.65. The summed E-state index contributed by atoms with van der Waals surface area (Å²) in [6, 6.07) is 15.4. The van der Waals surface area contributed by atoms with Crippen LogP contribution in [0.3, 0.4) is 0 Å². The van der Waals surface area contributed by atoms with Gasteiger partial charge in [-0.05, 0) is 60.3 Å². The summed E-state index contributed by atoms with van der Waals surface area (Å²) in [5.41, 5.74) is 3.93. The van der Waals surface area contributed by atoms with Gasteiger partial charge in [0.1, 0.15) is 6.54 Å². The van der Waals surface area contributed by atoms with E-state index in [4.69, 9.17) is 14.2 Å². The molecule has 2 heterocycles. The molecule has 43 heavy (non-hydrogen) atoms. The van der Waals surface area contributed by atoms with Crippen LogP contribution in [-0.2, 0) is 25.6 Å². The number of likely N-dealkylation sites (tertiary alicyclic amines) is 1. The van der Waals surface area contributed by atoms with E-state index in [0.29, 0.717) is 22.6 Å². The summed E-state index contributed by atoms with van der Waals surface area (Å²) in [7, 11) is 0. The predicted octanol–water partition coefficient (Wildman–Crippen LogP) is 5.56. The number of fused-ring (bicyclic) bond motifs is 2. The fourth-order valence-corrected chi connectivity index (χ4v) is 7.65. The van der Waals surface area contributed by atoms with Gasteiger partial charge >= 0.3 is 12.0 Å². The maximum atomic E-state index is 12.4. The van der Waals surface area contributed by atoms with E-state index in [1.807, 2.05) is 42.5 Å². The SMILES string of the molecule is CCOC(=O)CNC(=O)Nc1cccc(C2OC(CN3CC4(C)CC3CC(C)(C)C4)C(C)C(c3ccc(CO)cc3)O2)c1. The molecule has 9 heteroatoms. The molecule has 3 aliphatic rings. The van der Waals surface area contributed by atoms with Crippen LogP contribution >= 0.6 is 0 Å². The van der Waals surface area contributed by atoms with Gasteiger partial charge in [-0.1, -0.05) is 64.1 Å². The summed E-state index contributed by atoms with van der Waals surface area (Å²) < 4.78 is 18.3. The van der Waals surface area contributed by atoms with E-state index in [1.54, 1.807) is 13.0 Å². The standard InChI is InChI=1S/C34H47N3O6/c1-6-41-29(39)17-35-32(40)36-26-9-7-8-25(14-26)31-42-28(18-37-21-34(5)16-27(37)15-33(3,4)20-34)22(2)30(43-31)24-12-10-23(19-38)11-13-24/h7-14,22,27-28,30-31,38H,6,15-21H2,1-5H3,(H2,35,36,40). The summed E-state index contributed by atoms with van der Waals surface area (Å²) in [5.74, 6) is -0.402. The topological polar surface area (TPSA) is 109 Å². The average Bonchev–Trinajstić information content (AvgIpc) is 3.20. The van der Waals surface area contributed by atoms with E-state index in [2.05, 4.69) is 43.2 Å². The molecule has 6 unspecified atom stereocenters. The van der Waals surface area contributed by atoms with Crippen molar-refractivity contribution in [2.75, 3.05) is 31.6 Å². The molecule has 234 valence electrons. The molecule has 9 nitrogen and oxygen atoms in total. The number of esters is 1. The van der Waals surface area contributed by atoms with Crippen molar-refractivity contribution in [3.8, 4) is 0 Å². The summed E-state index contributed by atoms with van der Waals surface area (Å²) in [4.78, 5) is 26.7. The normalized spacial score (nSPS) is 30.0. The van der Waals surface area contributed by atoms with Gasteiger partial charge in [-0.15, -0.1) is 0 Å². The van der Waals surface area contributed by atoms with Crippen molar-refractivity contribution < 1.29 is 28.9 Å². The molecule has 2 aromatic carbocycles. The number of benzene rings is 2. The first kappa shape index (κ1) is 31.4. The van der Waals surface area contributed by atoms with Gasteiger partial charge in [0.25, 0.3) is 0 Å². The molecule has 1 aliphatic carbocycles. The van der Waals surface area contributed by atoms with Crippen molar-refractivity contribution in [1.29, 1.82) is 0 Å². The van der Waals surface area contributed by atoms with E-state index in [1.165, 1.54) is 19.3 Å². The molecule has 2 aliphatic heterocycles. The lowest BCUT2D eigenvalue weighted by molar-refractivity contribution is -0.276. The second-order valence-corrected chi connectivity index (χ2v) is 13.7. The van der Waals surface area contributed by atoms with Crippen LogP contribution in [0.25, 0.3) is 0 Å². The molecule has 3 fully saturated rings. The number of urea groups is 1. The lowest BCUT2D eigenvalue weighted by Crippen LogP contribution is -2.46. The number of nitrogens with zero attached hydrogens (tertiary/aromatic N) is 1. The largest absolute Gasteiger partial charge is 0.465 e. The number of ether oxygens (including phenoxy) is 3. The van der Waals surface area contributed by atoms with Crippen LogP contribution in [0.2, 0.25) is 0 Å². The van der Waals surface area contributed by atoms with Crippen molar-refractivity contribution in [3.63, 3.8) is 0 Å². The van der Waals surface area contributed by atoms with E-state index in [0.717, 1.165) is 29.8 Å². The molecular weight excluding hydrogens is 546 g/mol. The summed E-state index contributed by atoms with van der Waals surface area (Å²) in [6.45, 7) is 13.1. The fraction of sp³-hybridized carbons (Fsp3) is 0.588. The number of rotatable bonds is 9. The third-order valence-electron chi connectivity index (χ3n) is 9.18. The highest BCUT2D eigenvalue weighted by atomic mass is 16.7. The highest BCUT2D eigenvalue weighted by Crippen LogP contribution is 2.53. The Balaban J connectivity index is 1.35. The van der Waals surface area contributed by atoms with Crippen LogP contribution in [0.5, 0.6) is 0 Å². The molecular formula is C34H47N3O6. The van der Waals surface area contributed by atoms with Crippen molar-refractivity contribution in [2.45, 2.75) is 85.0 Å². The minimum absolute atomic E-state index is 0.00561. The number of aliphatic hydroxyl groups excluding tert-OH is 1. The molecule has 1 saturated carbocycles. The number of anilines is 1. The minimum atomic E-state index is -0.637. The van der Waals surface area contributed by atoms with Gasteiger partial charge in [0.2, 0.25) is 0 Å². The first-order chi connectivity index (χ1) is 20.5. The zero-order chi connectivity index (χ0) is 30.8. The third kappa shape index (κ3) is 7.58. The van der Waals surface area contributed by atoms with E-state index >= 15 is 0 Å². The predicted molar refractivity (Wildman–Crippen MR) is 164 cm³/mol. The van der Waals surface area contributed by atoms with Crippen molar-refractivity contribution in [1.82, 2.24) is 10.2 Å². The number of carbonyl (C=O) groups is 2. The molecule has 0 radical (unpaired) electrons. The lowest BCUT2D eigenvalue weighted by Gasteiger charge is -2.43. The number of aliphatic hydroxyl groups is 1.